The largest absolute Gasteiger partial charge is 0.118 e. The Balaban J connectivity index is 2.47. The zero-order valence-electron chi connectivity index (χ0n) is 14.8. The smallest absolute Gasteiger partial charge is 0.0613 e. The first-order chi connectivity index (χ1) is 9.56. The lowest BCUT2D eigenvalue weighted by Gasteiger charge is -2.42. The second kappa shape index (κ2) is 5.61. The second-order valence-electron chi connectivity index (χ2n) is 8.58. The van der Waals surface area contributed by atoms with Crippen LogP contribution in [0.25, 0.3) is 0 Å². The van der Waals surface area contributed by atoms with E-state index in [1.165, 1.54) is 29.5 Å². The third-order valence-electron chi connectivity index (χ3n) is 5.71. The fourth-order valence-corrected chi connectivity index (χ4v) is 3.85. The minimum absolute atomic E-state index is 0.108. The molecule has 2 rings (SSSR count). The molecular formula is C20H31Cl. The van der Waals surface area contributed by atoms with Gasteiger partial charge >= 0.3 is 0 Å². The van der Waals surface area contributed by atoms with Gasteiger partial charge in [0.25, 0.3) is 0 Å². The highest BCUT2D eigenvalue weighted by molar-refractivity contribution is 6.21. The summed E-state index contributed by atoms with van der Waals surface area (Å²) in [6.45, 7) is 16.3. The molecule has 0 bridgehead atoms. The topological polar surface area (TPSA) is 0 Å². The summed E-state index contributed by atoms with van der Waals surface area (Å²) in [5.41, 5.74) is 4.87. The first-order valence-electron chi connectivity index (χ1n) is 8.35. The lowest BCUT2D eigenvalue weighted by atomic mass is 9.63. The van der Waals surface area contributed by atoms with Crippen LogP contribution in [0, 0.1) is 11.8 Å². The molecule has 0 spiro atoms. The number of hydrogen-bond acceptors (Lipinski definition) is 0. The predicted octanol–water partition coefficient (Wildman–Crippen LogP) is 6.61. The SMILES string of the molecule is CC(C)C(C)C(Cl)c1ccc2c(c1)C(C)(C)CCC2(C)C. The van der Waals surface area contributed by atoms with Crippen molar-refractivity contribution in [1.82, 2.24) is 0 Å². The molecule has 1 aromatic rings. The Morgan fingerprint density at radius 1 is 0.905 bits per heavy atom. The molecule has 0 aromatic heterocycles. The van der Waals surface area contributed by atoms with Gasteiger partial charge in [-0.3, -0.25) is 0 Å². The minimum atomic E-state index is 0.108. The first kappa shape index (κ1) is 16.9. The van der Waals surface area contributed by atoms with E-state index in [1.807, 2.05) is 0 Å². The van der Waals surface area contributed by atoms with Crippen LogP contribution in [0.15, 0.2) is 18.2 Å². The Morgan fingerprint density at radius 2 is 1.43 bits per heavy atom. The van der Waals surface area contributed by atoms with Crippen molar-refractivity contribution < 1.29 is 0 Å². The van der Waals surface area contributed by atoms with E-state index in [-0.39, 0.29) is 16.2 Å². The molecule has 2 unspecified atom stereocenters. The van der Waals surface area contributed by atoms with Crippen molar-refractivity contribution in [3.63, 3.8) is 0 Å². The molecule has 2 atom stereocenters. The number of fused-ring (bicyclic) bond motifs is 1. The molecule has 1 aliphatic rings. The summed E-state index contributed by atoms with van der Waals surface area (Å²) in [6.07, 6.45) is 2.52. The molecule has 0 N–H and O–H groups in total. The van der Waals surface area contributed by atoms with E-state index in [0.29, 0.717) is 11.8 Å². The highest BCUT2D eigenvalue weighted by atomic mass is 35.5. The van der Waals surface area contributed by atoms with Crippen molar-refractivity contribution >= 4 is 11.6 Å². The number of benzene rings is 1. The highest BCUT2D eigenvalue weighted by Gasteiger charge is 2.37. The van der Waals surface area contributed by atoms with Gasteiger partial charge in [0.2, 0.25) is 0 Å². The Hall–Kier alpha value is -0.490. The standard InChI is InChI=1S/C20H31Cl/c1-13(2)14(3)18(21)15-8-9-16-17(12-15)20(6,7)11-10-19(16,4)5/h8-9,12-14,18H,10-11H2,1-7H3. The summed E-state index contributed by atoms with van der Waals surface area (Å²) in [4.78, 5) is 0. The third-order valence-corrected chi connectivity index (χ3v) is 6.36. The number of hydrogen-bond donors (Lipinski definition) is 0. The van der Waals surface area contributed by atoms with E-state index in [0.717, 1.165) is 0 Å². The lowest BCUT2D eigenvalue weighted by molar-refractivity contribution is 0.331. The molecule has 1 heteroatoms. The average molecular weight is 307 g/mol. The molecule has 0 saturated carbocycles. The molecule has 0 radical (unpaired) electrons. The summed E-state index contributed by atoms with van der Waals surface area (Å²) in [5, 5.41) is 0.108. The Bertz CT molecular complexity index is 511. The van der Waals surface area contributed by atoms with Crippen LogP contribution in [-0.2, 0) is 10.8 Å². The predicted molar refractivity (Wildman–Crippen MR) is 94.3 cm³/mol. The van der Waals surface area contributed by atoms with Crippen LogP contribution in [0.1, 0.15) is 83.4 Å². The molecular weight excluding hydrogens is 276 g/mol. The Kier molecular flexibility index (Phi) is 4.51. The molecule has 0 nitrogen and oxygen atoms in total. The average Bonchev–Trinajstić information content (AvgIpc) is 2.42. The van der Waals surface area contributed by atoms with Crippen LogP contribution in [0.2, 0.25) is 0 Å². The summed E-state index contributed by atoms with van der Waals surface area (Å²) < 4.78 is 0. The monoisotopic (exact) mass is 306 g/mol. The van der Waals surface area contributed by atoms with E-state index in [4.69, 9.17) is 11.6 Å². The molecule has 1 aromatic carbocycles. The van der Waals surface area contributed by atoms with E-state index < -0.39 is 0 Å². The van der Waals surface area contributed by atoms with Crippen molar-refractivity contribution in [3.05, 3.63) is 34.9 Å². The maximum Gasteiger partial charge on any atom is 0.0613 e. The van der Waals surface area contributed by atoms with Gasteiger partial charge in [-0.05, 0) is 52.2 Å². The molecule has 118 valence electrons. The quantitative estimate of drug-likeness (QED) is 0.551. The number of rotatable bonds is 3. The van der Waals surface area contributed by atoms with Gasteiger partial charge < -0.3 is 0 Å². The first-order valence-corrected chi connectivity index (χ1v) is 8.79. The van der Waals surface area contributed by atoms with Gasteiger partial charge in [-0.25, -0.2) is 0 Å². The number of alkyl halides is 1. The van der Waals surface area contributed by atoms with Crippen LogP contribution >= 0.6 is 11.6 Å². The van der Waals surface area contributed by atoms with E-state index in [1.54, 1.807) is 0 Å². The summed E-state index contributed by atoms with van der Waals surface area (Å²) in [5.74, 6) is 1.09. The van der Waals surface area contributed by atoms with Gasteiger partial charge in [-0.1, -0.05) is 66.7 Å². The van der Waals surface area contributed by atoms with Crippen LogP contribution in [0.3, 0.4) is 0 Å². The zero-order chi connectivity index (χ0) is 16.0. The van der Waals surface area contributed by atoms with Gasteiger partial charge in [-0.2, -0.15) is 0 Å². The van der Waals surface area contributed by atoms with Crippen molar-refractivity contribution in [2.24, 2.45) is 11.8 Å². The molecule has 0 aliphatic heterocycles. The third kappa shape index (κ3) is 3.16. The fourth-order valence-electron chi connectivity index (χ4n) is 3.42. The number of halogens is 1. The van der Waals surface area contributed by atoms with Crippen molar-refractivity contribution in [2.75, 3.05) is 0 Å². The Labute approximate surface area is 136 Å². The summed E-state index contributed by atoms with van der Waals surface area (Å²) in [6, 6.07) is 7.00. The molecule has 1 aliphatic carbocycles. The van der Waals surface area contributed by atoms with Crippen molar-refractivity contribution in [3.8, 4) is 0 Å². The zero-order valence-corrected chi connectivity index (χ0v) is 15.5. The van der Waals surface area contributed by atoms with Crippen LogP contribution in [-0.4, -0.2) is 0 Å². The van der Waals surface area contributed by atoms with E-state index >= 15 is 0 Å². The maximum absolute atomic E-state index is 6.76. The molecule has 21 heavy (non-hydrogen) atoms. The minimum Gasteiger partial charge on any atom is -0.118 e. The van der Waals surface area contributed by atoms with Gasteiger partial charge in [0.15, 0.2) is 0 Å². The molecule has 0 fully saturated rings. The summed E-state index contributed by atoms with van der Waals surface area (Å²) >= 11 is 6.76. The summed E-state index contributed by atoms with van der Waals surface area (Å²) in [7, 11) is 0. The van der Waals surface area contributed by atoms with Crippen LogP contribution < -0.4 is 0 Å². The van der Waals surface area contributed by atoms with E-state index in [2.05, 4.69) is 66.7 Å². The fraction of sp³-hybridized carbons (Fsp3) is 0.700. The van der Waals surface area contributed by atoms with Crippen LogP contribution in [0.5, 0.6) is 0 Å². The normalized spacial score (nSPS) is 22.7. The maximum atomic E-state index is 6.76. The van der Waals surface area contributed by atoms with Crippen LogP contribution in [0.4, 0.5) is 0 Å². The van der Waals surface area contributed by atoms with Gasteiger partial charge in [-0.15, -0.1) is 11.6 Å². The molecule has 0 saturated heterocycles. The second-order valence-corrected chi connectivity index (χ2v) is 9.05. The van der Waals surface area contributed by atoms with Crippen molar-refractivity contribution in [1.29, 1.82) is 0 Å². The van der Waals surface area contributed by atoms with Gasteiger partial charge in [0.1, 0.15) is 0 Å². The molecule has 0 heterocycles. The van der Waals surface area contributed by atoms with E-state index in [9.17, 15) is 0 Å². The van der Waals surface area contributed by atoms with Gasteiger partial charge in [0.05, 0.1) is 5.38 Å². The van der Waals surface area contributed by atoms with Crippen molar-refractivity contribution in [2.45, 2.75) is 77.5 Å². The highest BCUT2D eigenvalue weighted by Crippen LogP contribution is 2.47. The van der Waals surface area contributed by atoms with Gasteiger partial charge in [0, 0.05) is 0 Å². The lowest BCUT2D eigenvalue weighted by Crippen LogP contribution is -2.34. The molecule has 0 amide bonds. The Morgan fingerprint density at radius 3 is 1.95 bits per heavy atom.